The first-order chi connectivity index (χ1) is 14.3. The molecule has 0 saturated heterocycles. The summed E-state index contributed by atoms with van der Waals surface area (Å²) in [6.07, 6.45) is 0.290. The summed E-state index contributed by atoms with van der Waals surface area (Å²) in [6, 6.07) is 9.89. The van der Waals surface area contributed by atoms with Crippen LogP contribution in [0.15, 0.2) is 42.5 Å². The molecule has 0 bridgehead atoms. The number of fused-ring (bicyclic) bond motifs is 1. The Balaban J connectivity index is 1.72. The van der Waals surface area contributed by atoms with Crippen LogP contribution in [0, 0.1) is 10.1 Å². The quantitative estimate of drug-likeness (QED) is 0.336. The largest absolute Gasteiger partial charge is 0.467 e. The summed E-state index contributed by atoms with van der Waals surface area (Å²) in [5.41, 5.74) is 7.00. The third kappa shape index (κ3) is 4.22. The Morgan fingerprint density at radius 1 is 1.20 bits per heavy atom. The fourth-order valence-electron chi connectivity index (χ4n) is 3.27. The predicted octanol–water partition coefficient (Wildman–Crippen LogP) is 1.46. The van der Waals surface area contributed by atoms with E-state index in [2.05, 4.69) is 0 Å². The summed E-state index contributed by atoms with van der Waals surface area (Å²) in [6.45, 7) is -0.448. The van der Waals surface area contributed by atoms with Crippen molar-refractivity contribution in [1.82, 2.24) is 4.90 Å². The average Bonchev–Trinajstić information content (AvgIpc) is 2.75. The van der Waals surface area contributed by atoms with E-state index in [0.29, 0.717) is 0 Å². The summed E-state index contributed by atoms with van der Waals surface area (Å²) in [7, 11) is 1.24. The van der Waals surface area contributed by atoms with Crippen molar-refractivity contribution in [3.63, 3.8) is 0 Å². The molecule has 0 radical (unpaired) electrons. The molecule has 0 spiro atoms. The number of anilines is 1. The molecule has 0 saturated carbocycles. The standard InChI is InChI=1S/C20H19N3O7/c1-29-20(26)17-8-12-4-2-3-5-13(12)10-22(17)18(24)11-30-19(25)15-7-6-14(23(27)28)9-16(15)21/h2-7,9,17H,8,10-11,21H2,1H3/t17-/m1/s1. The van der Waals surface area contributed by atoms with E-state index in [1.54, 1.807) is 0 Å². The molecular weight excluding hydrogens is 394 g/mol. The van der Waals surface area contributed by atoms with Gasteiger partial charge in [0.25, 0.3) is 11.6 Å². The summed E-state index contributed by atoms with van der Waals surface area (Å²) >= 11 is 0. The van der Waals surface area contributed by atoms with Gasteiger partial charge in [0.1, 0.15) is 6.04 Å². The lowest BCUT2D eigenvalue weighted by atomic mass is 9.94. The molecular formula is C20H19N3O7. The van der Waals surface area contributed by atoms with Gasteiger partial charge >= 0.3 is 11.9 Å². The Morgan fingerprint density at radius 3 is 2.53 bits per heavy atom. The second-order valence-corrected chi connectivity index (χ2v) is 6.64. The van der Waals surface area contributed by atoms with Gasteiger partial charge in [-0.2, -0.15) is 0 Å². The van der Waals surface area contributed by atoms with Crippen LogP contribution in [0.2, 0.25) is 0 Å². The van der Waals surface area contributed by atoms with Gasteiger partial charge in [0, 0.05) is 25.1 Å². The average molecular weight is 413 g/mol. The molecule has 1 atom stereocenters. The molecule has 2 aromatic carbocycles. The molecule has 0 aromatic heterocycles. The number of hydrogen-bond acceptors (Lipinski definition) is 8. The van der Waals surface area contributed by atoms with E-state index >= 15 is 0 Å². The zero-order valence-corrected chi connectivity index (χ0v) is 16.1. The SMILES string of the molecule is COC(=O)[C@H]1Cc2ccccc2CN1C(=O)COC(=O)c1ccc([N+](=O)[O-])cc1N. The van der Waals surface area contributed by atoms with Gasteiger partial charge in [0.2, 0.25) is 0 Å². The molecule has 10 nitrogen and oxygen atoms in total. The maximum absolute atomic E-state index is 12.7. The van der Waals surface area contributed by atoms with Crippen molar-refractivity contribution in [3.05, 3.63) is 69.3 Å². The number of non-ortho nitro benzene ring substituents is 1. The van der Waals surface area contributed by atoms with Crippen molar-refractivity contribution in [2.75, 3.05) is 19.5 Å². The van der Waals surface area contributed by atoms with Crippen LogP contribution in [-0.4, -0.2) is 47.4 Å². The number of nitrogens with zero attached hydrogens (tertiary/aromatic N) is 2. The van der Waals surface area contributed by atoms with Crippen molar-refractivity contribution < 1.29 is 28.8 Å². The van der Waals surface area contributed by atoms with Crippen molar-refractivity contribution in [1.29, 1.82) is 0 Å². The number of hydrogen-bond donors (Lipinski definition) is 1. The molecule has 0 fully saturated rings. The van der Waals surface area contributed by atoms with Crippen LogP contribution in [0.4, 0.5) is 11.4 Å². The summed E-state index contributed by atoms with van der Waals surface area (Å²) in [4.78, 5) is 48.6. The molecule has 1 aliphatic rings. The predicted molar refractivity (Wildman–Crippen MR) is 104 cm³/mol. The van der Waals surface area contributed by atoms with Gasteiger partial charge in [-0.1, -0.05) is 24.3 Å². The van der Waals surface area contributed by atoms with E-state index in [-0.39, 0.29) is 29.9 Å². The third-order valence-corrected chi connectivity index (χ3v) is 4.83. The number of nitrogens with two attached hydrogens (primary N) is 1. The number of rotatable bonds is 5. The van der Waals surface area contributed by atoms with Crippen LogP contribution >= 0.6 is 0 Å². The van der Waals surface area contributed by atoms with E-state index in [4.69, 9.17) is 15.2 Å². The first-order valence-corrected chi connectivity index (χ1v) is 8.97. The molecule has 3 rings (SSSR count). The number of carbonyl (C=O) groups is 3. The number of nitro benzene ring substituents is 1. The first-order valence-electron chi connectivity index (χ1n) is 8.97. The third-order valence-electron chi connectivity index (χ3n) is 4.83. The zero-order valence-electron chi connectivity index (χ0n) is 16.1. The van der Waals surface area contributed by atoms with Gasteiger partial charge < -0.3 is 20.1 Å². The van der Waals surface area contributed by atoms with Crippen LogP contribution in [0.1, 0.15) is 21.5 Å². The van der Waals surface area contributed by atoms with Crippen LogP contribution < -0.4 is 5.73 Å². The highest BCUT2D eigenvalue weighted by Crippen LogP contribution is 2.25. The van der Waals surface area contributed by atoms with Gasteiger partial charge in [0.15, 0.2) is 6.61 Å². The monoisotopic (exact) mass is 413 g/mol. The number of methoxy groups -OCH3 is 1. The Morgan fingerprint density at radius 2 is 1.90 bits per heavy atom. The van der Waals surface area contributed by atoms with Crippen LogP contribution in [0.3, 0.4) is 0 Å². The zero-order chi connectivity index (χ0) is 21.8. The van der Waals surface area contributed by atoms with Gasteiger partial charge in [-0.3, -0.25) is 14.9 Å². The first kappa shape index (κ1) is 20.8. The number of benzene rings is 2. The summed E-state index contributed by atoms with van der Waals surface area (Å²) in [5.74, 6) is -2.04. The number of carbonyl (C=O) groups excluding carboxylic acids is 3. The summed E-state index contributed by atoms with van der Waals surface area (Å²) < 4.78 is 9.86. The molecule has 0 unspecified atom stereocenters. The van der Waals surface area contributed by atoms with Crippen molar-refractivity contribution >= 4 is 29.2 Å². The van der Waals surface area contributed by atoms with E-state index < -0.39 is 35.4 Å². The van der Waals surface area contributed by atoms with Crippen molar-refractivity contribution in [3.8, 4) is 0 Å². The smallest absolute Gasteiger partial charge is 0.340 e. The number of esters is 2. The second-order valence-electron chi connectivity index (χ2n) is 6.64. The van der Waals surface area contributed by atoms with Crippen molar-refractivity contribution in [2.45, 2.75) is 19.0 Å². The molecule has 2 N–H and O–H groups in total. The molecule has 0 aliphatic carbocycles. The highest BCUT2D eigenvalue weighted by Gasteiger charge is 2.35. The number of nitro groups is 1. The minimum atomic E-state index is -0.900. The minimum absolute atomic E-state index is 0.0955. The van der Waals surface area contributed by atoms with E-state index in [1.165, 1.54) is 12.0 Å². The van der Waals surface area contributed by atoms with Crippen LogP contribution in [-0.2, 0) is 32.0 Å². The Kier molecular flexibility index (Phi) is 5.95. The number of nitrogen functional groups attached to an aromatic ring is 1. The lowest BCUT2D eigenvalue weighted by Gasteiger charge is -2.35. The second kappa shape index (κ2) is 8.60. The van der Waals surface area contributed by atoms with E-state index in [1.807, 2.05) is 24.3 Å². The van der Waals surface area contributed by atoms with Crippen molar-refractivity contribution in [2.24, 2.45) is 0 Å². The topological polar surface area (TPSA) is 142 Å². The molecule has 1 aliphatic heterocycles. The number of amides is 1. The lowest BCUT2D eigenvalue weighted by molar-refractivity contribution is -0.384. The van der Waals surface area contributed by atoms with E-state index in [9.17, 15) is 24.5 Å². The number of ether oxygens (including phenoxy) is 2. The maximum atomic E-state index is 12.7. The molecule has 2 aromatic rings. The molecule has 30 heavy (non-hydrogen) atoms. The summed E-state index contributed by atoms with van der Waals surface area (Å²) in [5, 5.41) is 10.8. The lowest BCUT2D eigenvalue weighted by Crippen LogP contribution is -2.50. The molecule has 10 heteroatoms. The Bertz CT molecular complexity index is 1020. The Hall–Kier alpha value is -3.95. The molecule has 1 heterocycles. The van der Waals surface area contributed by atoms with Crippen LogP contribution in [0.5, 0.6) is 0 Å². The van der Waals surface area contributed by atoms with Gasteiger partial charge in [0.05, 0.1) is 23.3 Å². The molecule has 156 valence electrons. The maximum Gasteiger partial charge on any atom is 0.340 e. The molecule has 1 amide bonds. The minimum Gasteiger partial charge on any atom is -0.467 e. The van der Waals surface area contributed by atoms with Gasteiger partial charge in [-0.15, -0.1) is 0 Å². The fraction of sp³-hybridized carbons (Fsp3) is 0.250. The Labute approximate surface area is 171 Å². The van der Waals surface area contributed by atoms with Crippen LogP contribution in [0.25, 0.3) is 0 Å². The highest BCUT2D eigenvalue weighted by atomic mass is 16.6. The normalized spacial score (nSPS) is 15.1. The van der Waals surface area contributed by atoms with Gasteiger partial charge in [-0.25, -0.2) is 9.59 Å². The fourth-order valence-corrected chi connectivity index (χ4v) is 3.27. The van der Waals surface area contributed by atoms with E-state index in [0.717, 1.165) is 29.3 Å². The highest BCUT2D eigenvalue weighted by molar-refractivity contribution is 5.97. The van der Waals surface area contributed by atoms with Gasteiger partial charge in [-0.05, 0) is 17.2 Å².